The number of nitrogen functional groups attached to an aromatic ring is 2. The predicted molar refractivity (Wildman–Crippen MR) is 228 cm³/mol. The molecule has 4 N–H and O–H groups in total. The van der Waals surface area contributed by atoms with Crippen molar-refractivity contribution in [1.82, 2.24) is 39.5 Å². The van der Waals surface area contributed by atoms with Gasteiger partial charge in [0.25, 0.3) is 0 Å². The second-order valence-electron chi connectivity index (χ2n) is 15.3. The fraction of sp³-hybridized carbons (Fsp3) is 0.318. The van der Waals surface area contributed by atoms with Gasteiger partial charge in [0.05, 0.1) is 30.6 Å². The van der Waals surface area contributed by atoms with Crippen LogP contribution in [0.5, 0.6) is 11.5 Å². The average Bonchev–Trinajstić information content (AvgIpc) is 3.75. The van der Waals surface area contributed by atoms with Crippen molar-refractivity contribution in [3.8, 4) is 34.0 Å². The molecular weight excluding hydrogens is 733 g/mol. The van der Waals surface area contributed by atoms with Crippen LogP contribution in [-0.2, 0) is 22.6 Å². The Morgan fingerprint density at radius 2 is 1.12 bits per heavy atom. The summed E-state index contributed by atoms with van der Waals surface area (Å²) in [5, 5.41) is 15.7. The van der Waals surface area contributed by atoms with Crippen LogP contribution in [0.3, 0.4) is 0 Å². The lowest BCUT2D eigenvalue weighted by molar-refractivity contribution is -0.0796. The molecule has 14 nitrogen and oxygen atoms in total. The van der Waals surface area contributed by atoms with Gasteiger partial charge >= 0.3 is 0 Å². The number of methoxy groups -OCH3 is 1. The van der Waals surface area contributed by atoms with Crippen molar-refractivity contribution in [3.05, 3.63) is 85.5 Å². The van der Waals surface area contributed by atoms with E-state index in [4.69, 9.17) is 40.6 Å². The Morgan fingerprint density at radius 3 is 1.60 bits per heavy atom. The summed E-state index contributed by atoms with van der Waals surface area (Å²) in [5.41, 5.74) is 17.5. The topological polar surface area (TPSA) is 176 Å². The second-order valence-corrected chi connectivity index (χ2v) is 15.3. The molecule has 0 amide bonds. The standard InChI is InChI=1S/C22H23N5O2.C22H25N5O2/c1-13(2)9-27-22-19(21(23)24-12-25-22)20(26-27)16-4-3-15-8-17(6-5-14(15)7-16)29-18-10-28-11-18;1-14(2)12-27-22-19(21(23)24-13-25-22)20(26-27)17-5-4-16-11-18(29-9-8-28-3)7-6-15(16)10-17/h3-8,12-13,18H,9-11H2,1-2H3,(H2,23,24,25);4-7,10-11,13-14H,8-9,12H2,1-3H3,(H2,23,24,25). The van der Waals surface area contributed by atoms with E-state index in [0.29, 0.717) is 49.9 Å². The smallest absolute Gasteiger partial charge is 0.163 e. The number of ether oxygens (including phenoxy) is 4. The zero-order valence-corrected chi connectivity index (χ0v) is 33.4. The molecule has 0 unspecified atom stereocenters. The number of nitrogens with zero attached hydrogens (tertiary/aromatic N) is 8. The Labute approximate surface area is 336 Å². The van der Waals surface area contributed by atoms with Crippen LogP contribution in [0.25, 0.3) is 66.1 Å². The molecule has 1 fully saturated rings. The summed E-state index contributed by atoms with van der Waals surface area (Å²) < 4.78 is 25.7. The van der Waals surface area contributed by atoms with Gasteiger partial charge in [-0.2, -0.15) is 10.2 Å². The number of rotatable bonds is 12. The van der Waals surface area contributed by atoms with E-state index in [2.05, 4.69) is 96.2 Å². The molecule has 0 saturated carbocycles. The molecule has 0 atom stereocenters. The maximum Gasteiger partial charge on any atom is 0.163 e. The van der Waals surface area contributed by atoms with Gasteiger partial charge in [0.1, 0.15) is 59.9 Å². The lowest BCUT2D eigenvalue weighted by Gasteiger charge is -2.26. The highest BCUT2D eigenvalue weighted by Crippen LogP contribution is 2.35. The quantitative estimate of drug-likeness (QED) is 0.117. The second kappa shape index (κ2) is 16.6. The minimum atomic E-state index is 0.158. The van der Waals surface area contributed by atoms with Gasteiger partial charge in [-0.15, -0.1) is 0 Å². The largest absolute Gasteiger partial charge is 0.491 e. The molecule has 5 heterocycles. The van der Waals surface area contributed by atoms with Crippen LogP contribution in [0.2, 0.25) is 0 Å². The van der Waals surface area contributed by atoms with Gasteiger partial charge in [0, 0.05) is 31.3 Å². The molecule has 298 valence electrons. The minimum Gasteiger partial charge on any atom is -0.491 e. The Balaban J connectivity index is 0.000000162. The van der Waals surface area contributed by atoms with Crippen molar-refractivity contribution in [2.24, 2.45) is 11.8 Å². The molecule has 4 aromatic carbocycles. The van der Waals surface area contributed by atoms with Gasteiger partial charge in [-0.3, -0.25) is 0 Å². The summed E-state index contributed by atoms with van der Waals surface area (Å²) in [6, 6.07) is 24.7. The summed E-state index contributed by atoms with van der Waals surface area (Å²) in [4.78, 5) is 17.2. The fourth-order valence-corrected chi connectivity index (χ4v) is 7.03. The maximum absolute atomic E-state index is 6.20. The summed E-state index contributed by atoms with van der Waals surface area (Å²) >= 11 is 0. The molecule has 1 aliphatic rings. The van der Waals surface area contributed by atoms with Gasteiger partial charge in [-0.05, 0) is 69.8 Å². The van der Waals surface area contributed by atoms with Gasteiger partial charge < -0.3 is 30.4 Å². The fourth-order valence-electron chi connectivity index (χ4n) is 7.03. The number of nitrogens with two attached hydrogens (primary N) is 2. The first kappa shape index (κ1) is 38.5. The van der Waals surface area contributed by atoms with Crippen molar-refractivity contribution in [3.63, 3.8) is 0 Å². The summed E-state index contributed by atoms with van der Waals surface area (Å²) in [6.07, 6.45) is 3.14. The summed E-state index contributed by atoms with van der Waals surface area (Å²) in [5.74, 6) is 3.47. The van der Waals surface area contributed by atoms with Crippen LogP contribution in [0.15, 0.2) is 85.5 Å². The average molecular weight is 781 g/mol. The molecule has 58 heavy (non-hydrogen) atoms. The van der Waals surface area contributed by atoms with Crippen molar-refractivity contribution < 1.29 is 18.9 Å². The molecule has 14 heteroatoms. The third-order valence-electron chi connectivity index (χ3n) is 9.83. The van der Waals surface area contributed by atoms with Crippen LogP contribution in [-0.4, -0.2) is 79.1 Å². The number of aromatic nitrogens is 8. The Hall–Kier alpha value is -6.38. The molecule has 8 aromatic rings. The van der Waals surface area contributed by atoms with E-state index in [0.717, 1.165) is 90.7 Å². The van der Waals surface area contributed by atoms with E-state index in [1.54, 1.807) is 7.11 Å². The minimum absolute atomic E-state index is 0.158. The van der Waals surface area contributed by atoms with Gasteiger partial charge in [0.2, 0.25) is 0 Å². The number of hydrogen-bond donors (Lipinski definition) is 2. The van der Waals surface area contributed by atoms with E-state index in [1.807, 2.05) is 33.6 Å². The van der Waals surface area contributed by atoms with Crippen LogP contribution < -0.4 is 20.9 Å². The normalized spacial score (nSPS) is 13.1. The van der Waals surface area contributed by atoms with Crippen molar-refractivity contribution in [2.75, 3.05) is 45.0 Å². The number of benzene rings is 4. The molecule has 1 saturated heterocycles. The summed E-state index contributed by atoms with van der Waals surface area (Å²) in [7, 11) is 1.66. The third kappa shape index (κ3) is 8.06. The van der Waals surface area contributed by atoms with Gasteiger partial charge in [0.15, 0.2) is 11.3 Å². The highest BCUT2D eigenvalue weighted by Gasteiger charge is 2.21. The monoisotopic (exact) mass is 780 g/mol. The van der Waals surface area contributed by atoms with Crippen molar-refractivity contribution >= 4 is 55.2 Å². The molecule has 1 aliphatic heterocycles. The zero-order valence-electron chi connectivity index (χ0n) is 33.4. The number of fused-ring (bicyclic) bond motifs is 4. The summed E-state index contributed by atoms with van der Waals surface area (Å²) in [6.45, 7) is 12.6. The molecule has 0 spiro atoms. The molecular formula is C44H48N10O4. The van der Waals surface area contributed by atoms with Crippen LogP contribution in [0.4, 0.5) is 11.6 Å². The lowest BCUT2D eigenvalue weighted by atomic mass is 10.0. The number of anilines is 2. The van der Waals surface area contributed by atoms with Crippen LogP contribution in [0, 0.1) is 11.8 Å². The predicted octanol–water partition coefficient (Wildman–Crippen LogP) is 7.57. The van der Waals surface area contributed by atoms with E-state index >= 15 is 0 Å². The van der Waals surface area contributed by atoms with Crippen LogP contribution >= 0.6 is 0 Å². The van der Waals surface area contributed by atoms with E-state index < -0.39 is 0 Å². The molecule has 0 bridgehead atoms. The van der Waals surface area contributed by atoms with Gasteiger partial charge in [-0.1, -0.05) is 64.1 Å². The van der Waals surface area contributed by atoms with Gasteiger partial charge in [-0.25, -0.2) is 29.3 Å². The lowest BCUT2D eigenvalue weighted by Crippen LogP contribution is -2.38. The van der Waals surface area contributed by atoms with E-state index in [1.165, 1.54) is 12.7 Å². The zero-order chi connectivity index (χ0) is 40.3. The maximum atomic E-state index is 6.20. The first-order chi connectivity index (χ1) is 28.1. The highest BCUT2D eigenvalue weighted by molar-refractivity contribution is 6.01. The molecule has 9 rings (SSSR count). The first-order valence-electron chi connectivity index (χ1n) is 19.5. The first-order valence-corrected chi connectivity index (χ1v) is 19.5. The Bertz CT molecular complexity index is 2720. The van der Waals surface area contributed by atoms with Crippen molar-refractivity contribution in [2.45, 2.75) is 46.9 Å². The highest BCUT2D eigenvalue weighted by atomic mass is 16.6. The Kier molecular flexibility index (Phi) is 11.0. The molecule has 0 radical (unpaired) electrons. The Morgan fingerprint density at radius 1 is 0.638 bits per heavy atom. The molecule has 4 aromatic heterocycles. The third-order valence-corrected chi connectivity index (χ3v) is 9.83. The van der Waals surface area contributed by atoms with E-state index in [-0.39, 0.29) is 6.10 Å². The SMILES string of the molecule is CC(C)Cn1nc(-c2ccc3cc(OC4COC4)ccc3c2)c2c(N)ncnc21.COCCOc1ccc2cc(-c3nn(CC(C)C)c4ncnc(N)c34)ccc2c1. The van der Waals surface area contributed by atoms with Crippen molar-refractivity contribution in [1.29, 1.82) is 0 Å². The molecule has 0 aliphatic carbocycles. The van der Waals surface area contributed by atoms with E-state index in [9.17, 15) is 0 Å². The number of hydrogen-bond acceptors (Lipinski definition) is 12. The van der Waals surface area contributed by atoms with Crippen LogP contribution in [0.1, 0.15) is 27.7 Å².